The van der Waals surface area contributed by atoms with E-state index in [4.69, 9.17) is 0 Å². The smallest absolute Gasteiger partial charge is 0.256 e. The number of sulfone groups is 1. The number of aromatic nitrogens is 1. The number of rotatable bonds is 5. The topological polar surface area (TPSA) is 70.2 Å². The van der Waals surface area contributed by atoms with Gasteiger partial charge < -0.3 is 9.88 Å². The molecule has 2 unspecified atom stereocenters. The zero-order valence-electron chi connectivity index (χ0n) is 16.8. The van der Waals surface area contributed by atoms with Crippen LogP contribution in [-0.4, -0.2) is 48.3 Å². The van der Waals surface area contributed by atoms with Crippen molar-refractivity contribution in [3.8, 4) is 0 Å². The Morgan fingerprint density at radius 2 is 2.11 bits per heavy atom. The predicted octanol–water partition coefficient (Wildman–Crippen LogP) is 3.72. The number of para-hydroxylation sites is 1. The van der Waals surface area contributed by atoms with Crippen LogP contribution in [0.5, 0.6) is 0 Å². The van der Waals surface area contributed by atoms with Gasteiger partial charge in [-0.15, -0.1) is 0 Å². The minimum absolute atomic E-state index is 0.0344. The second kappa shape index (κ2) is 7.54. The summed E-state index contributed by atoms with van der Waals surface area (Å²) in [6.45, 7) is 4.99. The van der Waals surface area contributed by atoms with E-state index >= 15 is 0 Å². The van der Waals surface area contributed by atoms with E-state index in [2.05, 4.69) is 24.9 Å². The van der Waals surface area contributed by atoms with E-state index in [1.54, 1.807) is 0 Å². The third-order valence-corrected chi connectivity index (χ3v) is 8.11. The van der Waals surface area contributed by atoms with Gasteiger partial charge in [0.25, 0.3) is 5.91 Å². The molecule has 152 valence electrons. The highest BCUT2D eigenvalue weighted by molar-refractivity contribution is 7.91. The lowest BCUT2D eigenvalue weighted by Gasteiger charge is -2.28. The third kappa shape index (κ3) is 3.59. The van der Waals surface area contributed by atoms with E-state index in [1.807, 2.05) is 17.0 Å². The van der Waals surface area contributed by atoms with E-state index in [-0.39, 0.29) is 23.5 Å². The van der Waals surface area contributed by atoms with Gasteiger partial charge >= 0.3 is 0 Å². The molecule has 2 aliphatic rings. The number of hydrogen-bond acceptors (Lipinski definition) is 3. The van der Waals surface area contributed by atoms with Crippen LogP contribution in [0.4, 0.5) is 0 Å². The molecule has 4 rings (SSSR count). The molecule has 1 aliphatic heterocycles. The summed E-state index contributed by atoms with van der Waals surface area (Å²) in [5.74, 6) is 0.910. The van der Waals surface area contributed by atoms with Crippen LogP contribution in [0.1, 0.15) is 61.1 Å². The summed E-state index contributed by atoms with van der Waals surface area (Å²) < 4.78 is 24.0. The summed E-state index contributed by atoms with van der Waals surface area (Å²) in [6.07, 6.45) is 5.66. The van der Waals surface area contributed by atoms with Crippen LogP contribution in [-0.2, 0) is 22.7 Å². The Morgan fingerprint density at radius 3 is 2.82 bits per heavy atom. The second-order valence-corrected chi connectivity index (χ2v) is 10.8. The molecule has 1 amide bonds. The normalized spacial score (nSPS) is 23.6. The molecule has 5 nitrogen and oxygen atoms in total. The van der Waals surface area contributed by atoms with Crippen molar-refractivity contribution in [3.05, 3.63) is 35.0 Å². The Kier molecular flexibility index (Phi) is 5.25. The number of hydrogen-bond donors (Lipinski definition) is 1. The van der Waals surface area contributed by atoms with E-state index in [0.29, 0.717) is 24.4 Å². The number of unbranched alkanes of at least 4 members (excludes halogenated alkanes) is 1. The molecule has 0 saturated carbocycles. The van der Waals surface area contributed by atoms with Gasteiger partial charge in [-0.2, -0.15) is 0 Å². The Balaban J connectivity index is 1.71. The van der Waals surface area contributed by atoms with Gasteiger partial charge in [0, 0.05) is 23.7 Å². The standard InChI is InChI=1S/C22H30N2O3S/c1-3-4-11-24(16-10-12-28(26,27)14-16)22(25)18-7-5-6-17-19-13-15(2)8-9-20(19)23-21(17)18/h5-7,15-16,23H,3-4,8-14H2,1-2H3. The van der Waals surface area contributed by atoms with Crippen LogP contribution in [0.2, 0.25) is 0 Å². The van der Waals surface area contributed by atoms with Crippen molar-refractivity contribution in [1.82, 2.24) is 9.88 Å². The van der Waals surface area contributed by atoms with Crippen molar-refractivity contribution < 1.29 is 13.2 Å². The van der Waals surface area contributed by atoms with Crippen LogP contribution in [0.3, 0.4) is 0 Å². The first-order valence-corrected chi connectivity index (χ1v) is 12.4. The summed E-state index contributed by atoms with van der Waals surface area (Å²) in [7, 11) is -3.03. The average molecular weight is 403 g/mol. The Bertz CT molecular complexity index is 993. The predicted molar refractivity (Wildman–Crippen MR) is 112 cm³/mol. The van der Waals surface area contributed by atoms with Gasteiger partial charge in [0.1, 0.15) is 0 Å². The van der Waals surface area contributed by atoms with Gasteiger partial charge in [0.05, 0.1) is 22.6 Å². The number of nitrogens with zero attached hydrogens (tertiary/aromatic N) is 1. The maximum absolute atomic E-state index is 13.6. The fraction of sp³-hybridized carbons (Fsp3) is 0.591. The number of carbonyl (C=O) groups is 1. The summed E-state index contributed by atoms with van der Waals surface area (Å²) in [5, 5.41) is 1.15. The molecular formula is C22H30N2O3S. The van der Waals surface area contributed by atoms with Crippen LogP contribution >= 0.6 is 0 Å². The molecule has 6 heteroatoms. The third-order valence-electron chi connectivity index (χ3n) is 6.36. The second-order valence-electron chi connectivity index (χ2n) is 8.57. The van der Waals surface area contributed by atoms with Crippen molar-refractivity contribution in [2.75, 3.05) is 18.1 Å². The molecule has 1 N–H and O–H groups in total. The monoisotopic (exact) mass is 402 g/mol. The number of nitrogens with one attached hydrogen (secondary N) is 1. The molecule has 1 aromatic heterocycles. The summed E-state index contributed by atoms with van der Waals surface area (Å²) in [5.41, 5.74) is 4.22. The fourth-order valence-electron chi connectivity index (χ4n) is 4.75. The molecule has 1 fully saturated rings. The van der Waals surface area contributed by atoms with Crippen LogP contribution in [0.15, 0.2) is 18.2 Å². The molecule has 0 radical (unpaired) electrons. The highest BCUT2D eigenvalue weighted by Gasteiger charge is 2.35. The number of aryl methyl sites for hydroxylation is 1. The molecule has 0 spiro atoms. The Labute approximate surface area is 167 Å². The number of benzene rings is 1. The fourth-order valence-corrected chi connectivity index (χ4v) is 6.48. The lowest BCUT2D eigenvalue weighted by atomic mass is 9.87. The molecule has 28 heavy (non-hydrogen) atoms. The van der Waals surface area contributed by atoms with E-state index in [9.17, 15) is 13.2 Å². The van der Waals surface area contributed by atoms with Gasteiger partial charge in [-0.1, -0.05) is 32.4 Å². The van der Waals surface area contributed by atoms with Gasteiger partial charge in [0.15, 0.2) is 9.84 Å². The van der Waals surface area contributed by atoms with Crippen molar-refractivity contribution >= 4 is 26.6 Å². The summed E-state index contributed by atoms with van der Waals surface area (Å²) >= 11 is 0. The Morgan fingerprint density at radius 1 is 1.29 bits per heavy atom. The number of H-pyrrole nitrogens is 1. The van der Waals surface area contributed by atoms with Crippen LogP contribution in [0.25, 0.3) is 10.9 Å². The number of amides is 1. The highest BCUT2D eigenvalue weighted by atomic mass is 32.2. The molecule has 2 aromatic rings. The molecular weight excluding hydrogens is 372 g/mol. The maximum Gasteiger partial charge on any atom is 0.256 e. The number of aromatic amines is 1. The van der Waals surface area contributed by atoms with Crippen molar-refractivity contribution in [1.29, 1.82) is 0 Å². The van der Waals surface area contributed by atoms with E-state index in [1.165, 1.54) is 17.7 Å². The van der Waals surface area contributed by atoms with Crippen molar-refractivity contribution in [2.24, 2.45) is 5.92 Å². The minimum Gasteiger partial charge on any atom is -0.358 e. The van der Waals surface area contributed by atoms with Crippen molar-refractivity contribution in [3.63, 3.8) is 0 Å². The molecule has 1 aliphatic carbocycles. The first-order chi connectivity index (χ1) is 13.4. The highest BCUT2D eigenvalue weighted by Crippen LogP contribution is 2.33. The lowest BCUT2D eigenvalue weighted by Crippen LogP contribution is -2.41. The zero-order chi connectivity index (χ0) is 19.9. The van der Waals surface area contributed by atoms with E-state index < -0.39 is 9.84 Å². The van der Waals surface area contributed by atoms with E-state index in [0.717, 1.165) is 36.6 Å². The van der Waals surface area contributed by atoms with Crippen LogP contribution < -0.4 is 0 Å². The summed E-state index contributed by atoms with van der Waals surface area (Å²) in [6, 6.07) is 5.75. The molecule has 1 saturated heterocycles. The van der Waals surface area contributed by atoms with Gasteiger partial charge in [-0.3, -0.25) is 4.79 Å². The largest absolute Gasteiger partial charge is 0.358 e. The average Bonchev–Trinajstić information content (AvgIpc) is 3.21. The lowest BCUT2D eigenvalue weighted by molar-refractivity contribution is 0.0696. The van der Waals surface area contributed by atoms with Crippen molar-refractivity contribution in [2.45, 2.75) is 58.4 Å². The minimum atomic E-state index is -3.03. The first-order valence-electron chi connectivity index (χ1n) is 10.5. The SMILES string of the molecule is CCCCN(C(=O)c1cccc2c3c([nH]c12)CCC(C)C3)C1CCS(=O)(=O)C1. The van der Waals surface area contributed by atoms with Gasteiger partial charge in [0.2, 0.25) is 0 Å². The Hall–Kier alpha value is -1.82. The molecule has 1 aromatic carbocycles. The zero-order valence-corrected chi connectivity index (χ0v) is 17.6. The quantitative estimate of drug-likeness (QED) is 0.829. The first kappa shape index (κ1) is 19.5. The molecule has 0 bridgehead atoms. The maximum atomic E-state index is 13.6. The molecule has 2 heterocycles. The van der Waals surface area contributed by atoms with Crippen LogP contribution in [0, 0.1) is 5.92 Å². The van der Waals surface area contributed by atoms with Gasteiger partial charge in [-0.05, 0) is 49.7 Å². The number of fused-ring (bicyclic) bond motifs is 3. The summed E-state index contributed by atoms with van der Waals surface area (Å²) in [4.78, 5) is 18.9. The molecule has 2 atom stereocenters. The van der Waals surface area contributed by atoms with Gasteiger partial charge in [-0.25, -0.2) is 8.42 Å². The number of carbonyl (C=O) groups excluding carboxylic acids is 1.